The monoisotopic (exact) mass is 655 g/mol. The van der Waals surface area contributed by atoms with Gasteiger partial charge in [-0.3, -0.25) is 29.1 Å². The number of amides is 3. The molecule has 3 aliphatic rings. The van der Waals surface area contributed by atoms with Crippen LogP contribution >= 0.6 is 0 Å². The second kappa shape index (κ2) is 13.5. The van der Waals surface area contributed by atoms with Crippen LogP contribution in [0.2, 0.25) is 0 Å². The number of ether oxygens (including phenoxy) is 1. The predicted octanol–water partition coefficient (Wildman–Crippen LogP) is 4.82. The molecule has 11 heteroatoms. The fourth-order valence-corrected chi connectivity index (χ4v) is 6.97. The van der Waals surface area contributed by atoms with E-state index in [0.29, 0.717) is 48.8 Å². The summed E-state index contributed by atoms with van der Waals surface area (Å²) >= 11 is 0. The Morgan fingerprint density at radius 2 is 1.79 bits per heavy atom. The molecule has 0 radical (unpaired) electrons. The number of nitrogens with zero attached hydrogens (tertiary/aromatic N) is 4. The molecule has 0 unspecified atom stereocenters. The van der Waals surface area contributed by atoms with Gasteiger partial charge < -0.3 is 19.9 Å². The lowest BCUT2D eigenvalue weighted by Gasteiger charge is -2.36. The summed E-state index contributed by atoms with van der Waals surface area (Å²) in [7, 11) is 1.64. The summed E-state index contributed by atoms with van der Waals surface area (Å²) < 4.78 is 20.5. The minimum Gasteiger partial charge on any atom is -0.461 e. The Labute approximate surface area is 280 Å². The lowest BCUT2D eigenvalue weighted by atomic mass is 9.82. The number of anilines is 1. The first-order chi connectivity index (χ1) is 22.9. The van der Waals surface area contributed by atoms with Gasteiger partial charge in [-0.15, -0.1) is 0 Å². The number of carbonyl (C=O) groups excluding carboxylic acids is 4. The SMILES string of the molecule is C[C@@H]1CCCN1CC(=O)O[C@H]1C[C@@H](CNC(=O)c2cc(F)cc(CN3C(=O)c4ccc(-c5ccncc5)cc4N(C)C(=O)C3(C)C)c2)C1. The molecule has 2 aliphatic heterocycles. The van der Waals surface area contributed by atoms with Gasteiger partial charge in [-0.25, -0.2) is 4.39 Å². The summed E-state index contributed by atoms with van der Waals surface area (Å²) in [6.45, 7) is 6.98. The van der Waals surface area contributed by atoms with Crippen LogP contribution in [0, 0.1) is 11.7 Å². The number of hydrogen-bond donors (Lipinski definition) is 1. The smallest absolute Gasteiger partial charge is 0.320 e. The maximum absolute atomic E-state index is 14.9. The topological polar surface area (TPSA) is 112 Å². The average Bonchev–Trinajstić information content (AvgIpc) is 3.44. The van der Waals surface area contributed by atoms with E-state index in [4.69, 9.17) is 4.74 Å². The van der Waals surface area contributed by atoms with Crippen molar-refractivity contribution in [1.82, 2.24) is 20.1 Å². The summed E-state index contributed by atoms with van der Waals surface area (Å²) in [5.74, 6) is -1.79. The van der Waals surface area contributed by atoms with Crippen molar-refractivity contribution in [2.24, 2.45) is 5.92 Å². The standard InChI is InChI=1S/C37H42FN5O5/c1-23-6-5-13-42(23)22-33(44)48-30-16-24(17-30)20-40-34(45)28-14-25(15-29(38)18-28)21-43-35(46)31-8-7-27(26-9-11-39-12-10-26)19-32(31)41(4)36(47)37(43,2)3/h7-12,14-15,18-19,23-24,30H,5-6,13,16-17,20-22H2,1-4H3,(H,40,45)/t23-,24-,30+/m1/s1. The van der Waals surface area contributed by atoms with Gasteiger partial charge in [0.15, 0.2) is 0 Å². The quantitative estimate of drug-likeness (QED) is 0.329. The van der Waals surface area contributed by atoms with Crippen LogP contribution in [-0.4, -0.2) is 82.8 Å². The van der Waals surface area contributed by atoms with Gasteiger partial charge in [0, 0.05) is 44.1 Å². The molecule has 1 N–H and O–H groups in total. The molecule has 1 aromatic heterocycles. The zero-order valence-electron chi connectivity index (χ0n) is 27.9. The van der Waals surface area contributed by atoms with Crippen LogP contribution in [0.4, 0.5) is 10.1 Å². The van der Waals surface area contributed by atoms with Crippen LogP contribution in [0.3, 0.4) is 0 Å². The minimum atomic E-state index is -1.27. The maximum Gasteiger partial charge on any atom is 0.320 e. The van der Waals surface area contributed by atoms with Crippen molar-refractivity contribution >= 4 is 29.4 Å². The number of halogens is 1. The Hall–Kier alpha value is -4.64. The first-order valence-corrected chi connectivity index (χ1v) is 16.6. The highest BCUT2D eigenvalue weighted by atomic mass is 19.1. The Balaban J connectivity index is 1.10. The van der Waals surface area contributed by atoms with Crippen molar-refractivity contribution in [3.05, 3.63) is 83.4 Å². The van der Waals surface area contributed by atoms with Crippen LogP contribution in [0.1, 0.15) is 72.7 Å². The van der Waals surface area contributed by atoms with Crippen molar-refractivity contribution in [2.75, 3.05) is 31.6 Å². The van der Waals surface area contributed by atoms with E-state index in [1.807, 2.05) is 24.3 Å². The molecule has 0 bridgehead atoms. The minimum absolute atomic E-state index is 0.0825. The maximum atomic E-state index is 14.9. The van der Waals surface area contributed by atoms with Gasteiger partial charge in [0.05, 0.1) is 17.8 Å². The first-order valence-electron chi connectivity index (χ1n) is 16.6. The van der Waals surface area contributed by atoms with Gasteiger partial charge in [0.1, 0.15) is 17.5 Å². The van der Waals surface area contributed by atoms with Crippen LogP contribution in [0.5, 0.6) is 0 Å². The second-order valence-corrected chi connectivity index (χ2v) is 13.8. The predicted molar refractivity (Wildman–Crippen MR) is 179 cm³/mol. The zero-order chi connectivity index (χ0) is 34.2. The fourth-order valence-electron chi connectivity index (χ4n) is 6.97. The second-order valence-electron chi connectivity index (χ2n) is 13.8. The van der Waals surface area contributed by atoms with Crippen molar-refractivity contribution in [2.45, 2.75) is 70.7 Å². The zero-order valence-corrected chi connectivity index (χ0v) is 27.9. The van der Waals surface area contributed by atoms with Crippen LogP contribution in [0.15, 0.2) is 60.9 Å². The summed E-state index contributed by atoms with van der Waals surface area (Å²) in [5.41, 5.74) is 1.79. The molecule has 6 rings (SSSR count). The molecule has 48 heavy (non-hydrogen) atoms. The van der Waals surface area contributed by atoms with Crippen molar-refractivity contribution in [3.63, 3.8) is 0 Å². The number of carbonyl (C=O) groups is 4. The number of esters is 1. The molecule has 1 saturated heterocycles. The Bertz CT molecular complexity index is 1720. The summed E-state index contributed by atoms with van der Waals surface area (Å²) in [5, 5.41) is 2.88. The van der Waals surface area contributed by atoms with E-state index < -0.39 is 17.3 Å². The molecular formula is C37H42FN5O5. The van der Waals surface area contributed by atoms with Crippen molar-refractivity contribution < 1.29 is 28.3 Å². The van der Waals surface area contributed by atoms with Crippen LogP contribution in [0.25, 0.3) is 11.1 Å². The van der Waals surface area contributed by atoms with Crippen LogP contribution < -0.4 is 10.2 Å². The number of hydrogen-bond acceptors (Lipinski definition) is 7. The number of rotatable bonds is 9. The Morgan fingerprint density at radius 1 is 1.04 bits per heavy atom. The molecule has 0 spiro atoms. The molecule has 1 aliphatic carbocycles. The molecule has 3 amide bonds. The molecule has 252 valence electrons. The highest BCUT2D eigenvalue weighted by Gasteiger charge is 2.44. The van der Waals surface area contributed by atoms with Gasteiger partial charge in [0.25, 0.3) is 17.7 Å². The number of fused-ring (bicyclic) bond motifs is 1. The molecule has 1 saturated carbocycles. The fraction of sp³-hybridized carbons (Fsp3) is 0.432. The lowest BCUT2D eigenvalue weighted by molar-refractivity contribution is -0.157. The molecule has 2 fully saturated rings. The van der Waals surface area contributed by atoms with Gasteiger partial charge in [-0.2, -0.15) is 0 Å². The lowest BCUT2D eigenvalue weighted by Crippen LogP contribution is -2.55. The van der Waals surface area contributed by atoms with E-state index in [-0.39, 0.29) is 41.9 Å². The van der Waals surface area contributed by atoms with Gasteiger partial charge in [0.2, 0.25) is 0 Å². The Morgan fingerprint density at radius 3 is 2.50 bits per heavy atom. The van der Waals surface area contributed by atoms with Crippen molar-refractivity contribution in [1.29, 1.82) is 0 Å². The van der Waals surface area contributed by atoms with E-state index >= 15 is 0 Å². The molecular weight excluding hydrogens is 613 g/mol. The van der Waals surface area contributed by atoms with E-state index in [1.54, 1.807) is 45.4 Å². The molecule has 2 aromatic carbocycles. The van der Waals surface area contributed by atoms with Gasteiger partial charge in [-0.1, -0.05) is 6.07 Å². The Kier molecular flexibility index (Phi) is 9.33. The third-order valence-corrected chi connectivity index (χ3v) is 9.98. The summed E-state index contributed by atoms with van der Waals surface area (Å²) in [4.78, 5) is 62.4. The molecule has 10 nitrogen and oxygen atoms in total. The molecule has 3 heterocycles. The van der Waals surface area contributed by atoms with E-state index in [9.17, 15) is 23.6 Å². The summed E-state index contributed by atoms with van der Waals surface area (Å²) in [6, 6.07) is 13.4. The van der Waals surface area contributed by atoms with E-state index in [1.165, 1.54) is 15.9 Å². The van der Waals surface area contributed by atoms with E-state index in [0.717, 1.165) is 36.6 Å². The number of aromatic nitrogens is 1. The number of likely N-dealkylation sites (N-methyl/N-ethyl adjacent to an activating group) is 1. The third kappa shape index (κ3) is 6.82. The number of pyridine rings is 1. The average molecular weight is 656 g/mol. The van der Waals surface area contributed by atoms with Gasteiger partial charge in [-0.05, 0) is 118 Å². The highest BCUT2D eigenvalue weighted by molar-refractivity contribution is 6.12. The first kappa shape index (κ1) is 33.3. The van der Waals surface area contributed by atoms with Gasteiger partial charge >= 0.3 is 5.97 Å². The van der Waals surface area contributed by atoms with Crippen molar-refractivity contribution in [3.8, 4) is 11.1 Å². The molecule has 3 aromatic rings. The third-order valence-electron chi connectivity index (χ3n) is 9.98. The summed E-state index contributed by atoms with van der Waals surface area (Å²) in [6.07, 6.45) is 6.73. The van der Waals surface area contributed by atoms with Crippen LogP contribution in [-0.2, 0) is 20.9 Å². The number of nitrogens with one attached hydrogen (secondary N) is 1. The molecule has 1 atom stereocenters. The number of likely N-dealkylation sites (tertiary alicyclic amines) is 1. The highest BCUT2D eigenvalue weighted by Crippen LogP contribution is 2.36. The number of benzene rings is 2. The normalized spacial score (nSPS) is 22.1. The van der Waals surface area contributed by atoms with E-state index in [2.05, 4.69) is 22.1 Å². The largest absolute Gasteiger partial charge is 0.461 e.